The minimum atomic E-state index is -0.0879. The first-order valence-electron chi connectivity index (χ1n) is 8.71. The van der Waals surface area contributed by atoms with Gasteiger partial charge in [0.05, 0.1) is 23.6 Å². The van der Waals surface area contributed by atoms with Gasteiger partial charge in [0.25, 0.3) is 0 Å². The van der Waals surface area contributed by atoms with Crippen LogP contribution in [-0.2, 0) is 10.2 Å². The molecule has 0 aliphatic rings. The number of hydrogen-bond acceptors (Lipinski definition) is 4. The fourth-order valence-electron chi connectivity index (χ4n) is 2.89. The molecule has 0 atom stereocenters. The first-order chi connectivity index (χ1) is 12.3. The molecule has 0 aliphatic carbocycles. The van der Waals surface area contributed by atoms with Gasteiger partial charge >= 0.3 is 0 Å². The fraction of sp³-hybridized carbons (Fsp3) is 0.400. The van der Waals surface area contributed by atoms with Crippen LogP contribution in [-0.4, -0.2) is 34.9 Å². The zero-order chi connectivity index (χ0) is 18.9. The first kappa shape index (κ1) is 18.7. The van der Waals surface area contributed by atoms with Crippen molar-refractivity contribution in [1.82, 2.24) is 14.6 Å². The van der Waals surface area contributed by atoms with Crippen LogP contribution in [0.3, 0.4) is 0 Å². The number of aryl methyl sites for hydroxylation is 1. The molecule has 0 radical (unpaired) electrons. The maximum Gasteiger partial charge on any atom is 0.165 e. The van der Waals surface area contributed by atoms with Crippen LogP contribution in [0.4, 0.5) is 5.82 Å². The Balaban J connectivity index is 2.25. The van der Waals surface area contributed by atoms with Crippen molar-refractivity contribution in [2.24, 2.45) is 0 Å². The van der Waals surface area contributed by atoms with Crippen LogP contribution >= 0.6 is 11.6 Å². The van der Waals surface area contributed by atoms with Gasteiger partial charge in [0.2, 0.25) is 0 Å². The van der Waals surface area contributed by atoms with Crippen molar-refractivity contribution in [2.75, 3.05) is 25.6 Å². The monoisotopic (exact) mass is 372 g/mol. The maximum atomic E-state index is 6.46. The molecule has 1 aromatic carbocycles. The average molecular weight is 373 g/mol. The summed E-state index contributed by atoms with van der Waals surface area (Å²) in [6, 6.07) is 9.88. The molecule has 2 aromatic heterocycles. The molecular weight excluding hydrogens is 348 g/mol. The summed E-state index contributed by atoms with van der Waals surface area (Å²) in [6.07, 6.45) is 0. The molecular formula is C20H25ClN4O. The summed E-state index contributed by atoms with van der Waals surface area (Å²) in [7, 11) is 1.69. The van der Waals surface area contributed by atoms with Crippen molar-refractivity contribution in [1.29, 1.82) is 0 Å². The Morgan fingerprint density at radius 2 is 1.96 bits per heavy atom. The van der Waals surface area contributed by atoms with Gasteiger partial charge in [0.15, 0.2) is 5.65 Å². The highest BCUT2D eigenvalue weighted by Crippen LogP contribution is 2.35. The predicted octanol–water partition coefficient (Wildman–Crippen LogP) is 4.71. The smallest absolute Gasteiger partial charge is 0.165 e. The Bertz CT molecular complexity index is 927. The second kappa shape index (κ2) is 7.25. The van der Waals surface area contributed by atoms with Gasteiger partial charge < -0.3 is 10.1 Å². The van der Waals surface area contributed by atoms with E-state index in [2.05, 4.69) is 32.2 Å². The van der Waals surface area contributed by atoms with E-state index in [9.17, 15) is 0 Å². The molecule has 138 valence electrons. The number of halogens is 1. The van der Waals surface area contributed by atoms with Crippen LogP contribution in [0.5, 0.6) is 0 Å². The molecule has 0 fully saturated rings. The minimum Gasteiger partial charge on any atom is -0.383 e. The predicted molar refractivity (Wildman–Crippen MR) is 107 cm³/mol. The van der Waals surface area contributed by atoms with Gasteiger partial charge in [0.1, 0.15) is 5.82 Å². The number of nitrogens with zero attached hydrogens (tertiary/aromatic N) is 3. The summed E-state index contributed by atoms with van der Waals surface area (Å²) in [6.45, 7) is 9.77. The van der Waals surface area contributed by atoms with Crippen LogP contribution in [0, 0.1) is 6.92 Å². The summed E-state index contributed by atoms with van der Waals surface area (Å²) < 4.78 is 7.02. The number of rotatable bonds is 5. The van der Waals surface area contributed by atoms with Crippen molar-refractivity contribution in [2.45, 2.75) is 33.1 Å². The molecule has 3 rings (SSSR count). The van der Waals surface area contributed by atoms with Gasteiger partial charge in [-0.15, -0.1) is 0 Å². The third-order valence-corrected chi connectivity index (χ3v) is 4.62. The van der Waals surface area contributed by atoms with E-state index in [0.29, 0.717) is 18.2 Å². The molecule has 26 heavy (non-hydrogen) atoms. The van der Waals surface area contributed by atoms with Crippen molar-refractivity contribution < 1.29 is 4.74 Å². The molecule has 0 saturated carbocycles. The van der Waals surface area contributed by atoms with Gasteiger partial charge in [-0.1, -0.05) is 50.6 Å². The SMILES string of the molecule is COCCNc1cc(C(C)(C)C)nc2c(-c3ccccc3Cl)c(C)nn12. The Morgan fingerprint density at radius 3 is 2.62 bits per heavy atom. The Labute approximate surface area is 159 Å². The summed E-state index contributed by atoms with van der Waals surface area (Å²) in [5.74, 6) is 0.901. The summed E-state index contributed by atoms with van der Waals surface area (Å²) >= 11 is 6.46. The van der Waals surface area contributed by atoms with Crippen molar-refractivity contribution in [3.8, 4) is 11.1 Å². The van der Waals surface area contributed by atoms with Crippen LogP contribution in [0.15, 0.2) is 30.3 Å². The van der Waals surface area contributed by atoms with Gasteiger partial charge in [-0.2, -0.15) is 9.61 Å². The Kier molecular flexibility index (Phi) is 5.21. The molecule has 0 amide bonds. The van der Waals surface area contributed by atoms with E-state index in [4.69, 9.17) is 26.4 Å². The molecule has 0 bridgehead atoms. The summed E-state index contributed by atoms with van der Waals surface area (Å²) in [5, 5.41) is 8.83. The highest BCUT2D eigenvalue weighted by Gasteiger charge is 2.22. The van der Waals surface area contributed by atoms with E-state index in [1.54, 1.807) is 7.11 Å². The summed E-state index contributed by atoms with van der Waals surface area (Å²) in [5.41, 5.74) is 4.53. The van der Waals surface area contributed by atoms with E-state index < -0.39 is 0 Å². The van der Waals surface area contributed by atoms with Crippen LogP contribution in [0.25, 0.3) is 16.8 Å². The van der Waals surface area contributed by atoms with Gasteiger partial charge in [-0.05, 0) is 13.0 Å². The molecule has 2 heterocycles. The van der Waals surface area contributed by atoms with Gasteiger partial charge in [-0.25, -0.2) is 4.98 Å². The van der Waals surface area contributed by atoms with E-state index in [-0.39, 0.29) is 5.41 Å². The minimum absolute atomic E-state index is 0.0879. The maximum absolute atomic E-state index is 6.46. The van der Waals surface area contributed by atoms with E-state index >= 15 is 0 Å². The number of methoxy groups -OCH3 is 1. The lowest BCUT2D eigenvalue weighted by atomic mass is 9.92. The topological polar surface area (TPSA) is 51.5 Å². The quantitative estimate of drug-likeness (QED) is 0.659. The number of nitrogens with one attached hydrogen (secondary N) is 1. The molecule has 5 nitrogen and oxygen atoms in total. The van der Waals surface area contributed by atoms with Crippen molar-refractivity contribution in [3.63, 3.8) is 0 Å². The standard InChI is InChI=1S/C20H25ClN4O/c1-13-18(14-8-6-7-9-15(14)21)19-23-16(20(2,3)4)12-17(25(19)24-13)22-10-11-26-5/h6-9,12,22H,10-11H2,1-5H3. The third kappa shape index (κ3) is 3.55. The molecule has 6 heteroatoms. The number of fused-ring (bicyclic) bond motifs is 1. The van der Waals surface area contributed by atoms with Gasteiger partial charge in [-0.3, -0.25) is 0 Å². The van der Waals surface area contributed by atoms with Gasteiger partial charge in [0, 0.05) is 35.7 Å². The number of benzene rings is 1. The Hall–Kier alpha value is -2.11. The second-order valence-corrected chi connectivity index (χ2v) is 7.78. The zero-order valence-electron chi connectivity index (χ0n) is 15.9. The van der Waals surface area contributed by atoms with Crippen LogP contribution in [0.1, 0.15) is 32.2 Å². The fourth-order valence-corrected chi connectivity index (χ4v) is 3.12. The number of anilines is 1. The number of aromatic nitrogens is 3. The Morgan fingerprint density at radius 1 is 1.23 bits per heavy atom. The van der Waals surface area contributed by atoms with Crippen molar-refractivity contribution in [3.05, 3.63) is 46.7 Å². The van der Waals surface area contributed by atoms with Crippen LogP contribution < -0.4 is 5.32 Å². The number of hydrogen-bond donors (Lipinski definition) is 1. The van der Waals surface area contributed by atoms with E-state index in [1.165, 1.54) is 0 Å². The molecule has 0 saturated heterocycles. The lowest BCUT2D eigenvalue weighted by Crippen LogP contribution is -2.17. The third-order valence-electron chi connectivity index (χ3n) is 4.29. The lowest BCUT2D eigenvalue weighted by Gasteiger charge is -2.20. The zero-order valence-corrected chi connectivity index (χ0v) is 16.7. The lowest BCUT2D eigenvalue weighted by molar-refractivity contribution is 0.210. The molecule has 3 aromatic rings. The van der Waals surface area contributed by atoms with E-state index in [1.807, 2.05) is 35.7 Å². The molecule has 1 N–H and O–H groups in total. The largest absolute Gasteiger partial charge is 0.383 e. The highest BCUT2D eigenvalue weighted by molar-refractivity contribution is 6.33. The highest BCUT2D eigenvalue weighted by atomic mass is 35.5. The molecule has 0 unspecified atom stereocenters. The second-order valence-electron chi connectivity index (χ2n) is 7.37. The molecule has 0 aliphatic heterocycles. The molecule has 0 spiro atoms. The van der Waals surface area contributed by atoms with E-state index in [0.717, 1.165) is 34.0 Å². The normalized spacial score (nSPS) is 11.9. The van der Waals surface area contributed by atoms with Crippen LogP contribution in [0.2, 0.25) is 5.02 Å². The average Bonchev–Trinajstić information content (AvgIpc) is 2.91. The number of ether oxygens (including phenoxy) is 1. The van der Waals surface area contributed by atoms with Crippen molar-refractivity contribution >= 4 is 23.1 Å². The summed E-state index contributed by atoms with van der Waals surface area (Å²) in [4.78, 5) is 4.94. The first-order valence-corrected chi connectivity index (χ1v) is 9.09.